The maximum atomic E-state index is 13.7. The van der Waals surface area contributed by atoms with Gasteiger partial charge in [0.15, 0.2) is 11.6 Å². The highest BCUT2D eigenvalue weighted by molar-refractivity contribution is 7.92. The summed E-state index contributed by atoms with van der Waals surface area (Å²) >= 11 is 5.99. The topological polar surface area (TPSA) is 84.5 Å². The fourth-order valence-electron chi connectivity index (χ4n) is 2.61. The van der Waals surface area contributed by atoms with E-state index in [9.17, 15) is 17.6 Å². The summed E-state index contributed by atoms with van der Waals surface area (Å²) in [7, 11) is -2.47. The Balaban J connectivity index is 1.65. The molecule has 6 nitrogen and oxygen atoms in total. The van der Waals surface area contributed by atoms with E-state index in [4.69, 9.17) is 16.3 Å². The number of methoxy groups -OCH3 is 1. The molecule has 3 aromatic rings. The number of ether oxygens (including phenoxy) is 1. The Morgan fingerprint density at radius 1 is 1.06 bits per heavy atom. The van der Waals surface area contributed by atoms with E-state index in [1.54, 1.807) is 36.4 Å². The first-order valence-corrected chi connectivity index (χ1v) is 10.8. The molecule has 0 aromatic heterocycles. The van der Waals surface area contributed by atoms with Gasteiger partial charge >= 0.3 is 0 Å². The van der Waals surface area contributed by atoms with Crippen molar-refractivity contribution in [3.63, 3.8) is 0 Å². The fourth-order valence-corrected chi connectivity index (χ4v) is 3.92. The number of carbonyl (C=O) groups is 1. The van der Waals surface area contributed by atoms with Crippen LogP contribution in [0, 0.1) is 5.82 Å². The summed E-state index contributed by atoms with van der Waals surface area (Å²) in [6, 6.07) is 16.5. The molecule has 0 fully saturated rings. The summed E-state index contributed by atoms with van der Waals surface area (Å²) < 4.78 is 46.0. The van der Waals surface area contributed by atoms with Gasteiger partial charge < -0.3 is 10.1 Å². The van der Waals surface area contributed by atoms with Crippen LogP contribution in [0.15, 0.2) is 77.7 Å². The van der Waals surface area contributed by atoms with Gasteiger partial charge in [-0.1, -0.05) is 35.9 Å². The maximum Gasteiger partial charge on any atom is 0.261 e. The molecule has 0 saturated heterocycles. The molecule has 9 heteroatoms. The zero-order chi connectivity index (χ0) is 22.4. The lowest BCUT2D eigenvalue weighted by Crippen LogP contribution is -2.13. The first-order valence-electron chi connectivity index (χ1n) is 8.98. The number of amides is 1. The van der Waals surface area contributed by atoms with E-state index in [1.165, 1.54) is 43.5 Å². The minimum atomic E-state index is -3.82. The second-order valence-corrected chi connectivity index (χ2v) is 8.42. The lowest BCUT2D eigenvalue weighted by molar-refractivity contribution is -0.111. The van der Waals surface area contributed by atoms with Crippen LogP contribution in [0.5, 0.6) is 5.75 Å². The number of nitrogens with one attached hydrogen (secondary N) is 2. The second kappa shape index (κ2) is 9.63. The molecule has 0 radical (unpaired) electrons. The predicted molar refractivity (Wildman–Crippen MR) is 119 cm³/mol. The van der Waals surface area contributed by atoms with Crippen LogP contribution in [0.25, 0.3) is 6.08 Å². The Labute approximate surface area is 184 Å². The van der Waals surface area contributed by atoms with Crippen LogP contribution in [0.1, 0.15) is 5.56 Å². The van der Waals surface area contributed by atoms with Crippen molar-refractivity contribution in [3.8, 4) is 5.75 Å². The van der Waals surface area contributed by atoms with Crippen LogP contribution >= 0.6 is 11.6 Å². The van der Waals surface area contributed by atoms with Crippen LogP contribution in [0.3, 0.4) is 0 Å². The number of halogens is 2. The van der Waals surface area contributed by atoms with Gasteiger partial charge in [0, 0.05) is 17.8 Å². The highest BCUT2D eigenvalue weighted by Crippen LogP contribution is 2.24. The Morgan fingerprint density at radius 3 is 2.42 bits per heavy atom. The molecule has 2 N–H and O–H groups in total. The van der Waals surface area contributed by atoms with E-state index in [0.717, 1.165) is 6.07 Å². The molecule has 0 atom stereocenters. The lowest BCUT2D eigenvalue weighted by atomic mass is 10.2. The molecule has 0 unspecified atom stereocenters. The average molecular weight is 461 g/mol. The third kappa shape index (κ3) is 5.84. The minimum Gasteiger partial charge on any atom is -0.494 e. The Morgan fingerprint density at radius 2 is 1.77 bits per heavy atom. The van der Waals surface area contributed by atoms with Gasteiger partial charge in [0.05, 0.1) is 22.7 Å². The van der Waals surface area contributed by atoms with Crippen molar-refractivity contribution in [1.82, 2.24) is 0 Å². The summed E-state index contributed by atoms with van der Waals surface area (Å²) in [5, 5.41) is 2.82. The van der Waals surface area contributed by atoms with Gasteiger partial charge in [-0.2, -0.15) is 0 Å². The fraction of sp³-hybridized carbons (Fsp3) is 0.0455. The molecule has 0 spiro atoms. The smallest absolute Gasteiger partial charge is 0.261 e. The molecule has 3 rings (SSSR count). The number of carbonyl (C=O) groups excluding carboxylic acids is 1. The van der Waals surface area contributed by atoms with Crippen molar-refractivity contribution in [2.75, 3.05) is 17.1 Å². The first-order chi connectivity index (χ1) is 14.8. The van der Waals surface area contributed by atoms with E-state index >= 15 is 0 Å². The van der Waals surface area contributed by atoms with Crippen LogP contribution < -0.4 is 14.8 Å². The molecule has 0 aliphatic heterocycles. The number of hydrogen-bond donors (Lipinski definition) is 2. The first kappa shape index (κ1) is 22.3. The Kier molecular flexibility index (Phi) is 6.94. The van der Waals surface area contributed by atoms with Gasteiger partial charge in [-0.05, 0) is 48.0 Å². The minimum absolute atomic E-state index is 0.0442. The van der Waals surface area contributed by atoms with E-state index in [-0.39, 0.29) is 27.0 Å². The average Bonchev–Trinajstić information content (AvgIpc) is 2.74. The highest BCUT2D eigenvalue weighted by Gasteiger charge is 2.15. The summed E-state index contributed by atoms with van der Waals surface area (Å²) in [5.41, 5.74) is 1.16. The zero-order valence-electron chi connectivity index (χ0n) is 16.3. The molecule has 0 heterocycles. The molecule has 160 valence electrons. The molecule has 3 aromatic carbocycles. The molecular formula is C22H18ClFN2O4S. The predicted octanol–water partition coefficient (Wildman–Crippen LogP) is 4.94. The van der Waals surface area contributed by atoms with Crippen molar-refractivity contribution in [3.05, 3.63) is 89.2 Å². The van der Waals surface area contributed by atoms with Crippen LogP contribution in [0.2, 0.25) is 5.02 Å². The van der Waals surface area contributed by atoms with Crippen LogP contribution in [-0.4, -0.2) is 21.4 Å². The number of anilines is 2. The summed E-state index contributed by atoms with van der Waals surface area (Å²) in [5.74, 6) is -0.985. The molecular weight excluding hydrogens is 443 g/mol. The molecule has 0 aliphatic rings. The van der Waals surface area contributed by atoms with E-state index < -0.39 is 21.7 Å². The molecule has 1 amide bonds. The van der Waals surface area contributed by atoms with Crippen molar-refractivity contribution >= 4 is 45.0 Å². The Bertz CT molecular complexity index is 1230. The standard InChI is InChI=1S/C22H18ClFN2O4S/c1-30-21-12-9-16(14-19(21)24)25-22(27)13-8-15-6-10-17(11-7-15)31(28,29)26-20-5-3-2-4-18(20)23/h2-14,26H,1H3,(H,25,27). The second-order valence-electron chi connectivity index (χ2n) is 6.33. The van der Waals surface area contributed by atoms with Gasteiger partial charge in [0.2, 0.25) is 5.91 Å². The summed E-state index contributed by atoms with van der Waals surface area (Å²) in [6.45, 7) is 0. The zero-order valence-corrected chi connectivity index (χ0v) is 17.9. The molecule has 0 saturated carbocycles. The molecule has 0 aliphatic carbocycles. The number of sulfonamides is 1. The normalized spacial score (nSPS) is 11.3. The summed E-state index contributed by atoms with van der Waals surface area (Å²) in [4.78, 5) is 12.1. The number of hydrogen-bond acceptors (Lipinski definition) is 4. The lowest BCUT2D eigenvalue weighted by Gasteiger charge is -2.09. The van der Waals surface area contributed by atoms with E-state index in [0.29, 0.717) is 5.56 Å². The van der Waals surface area contributed by atoms with Crippen molar-refractivity contribution in [1.29, 1.82) is 0 Å². The van der Waals surface area contributed by atoms with Gasteiger partial charge in [-0.25, -0.2) is 12.8 Å². The monoisotopic (exact) mass is 460 g/mol. The quantitative estimate of drug-likeness (QED) is 0.489. The van der Waals surface area contributed by atoms with Crippen LogP contribution in [-0.2, 0) is 14.8 Å². The van der Waals surface area contributed by atoms with Crippen molar-refractivity contribution in [2.45, 2.75) is 4.90 Å². The third-order valence-corrected chi connectivity index (χ3v) is 5.87. The molecule has 0 bridgehead atoms. The Hall–Kier alpha value is -3.36. The van der Waals surface area contributed by atoms with Gasteiger partial charge in [0.25, 0.3) is 10.0 Å². The van der Waals surface area contributed by atoms with E-state index in [2.05, 4.69) is 10.0 Å². The van der Waals surface area contributed by atoms with Gasteiger partial charge in [0.1, 0.15) is 0 Å². The highest BCUT2D eigenvalue weighted by atomic mass is 35.5. The van der Waals surface area contributed by atoms with Crippen LogP contribution in [0.4, 0.5) is 15.8 Å². The summed E-state index contributed by atoms with van der Waals surface area (Å²) in [6.07, 6.45) is 2.76. The van der Waals surface area contributed by atoms with Gasteiger partial charge in [-0.3, -0.25) is 9.52 Å². The maximum absolute atomic E-state index is 13.7. The van der Waals surface area contributed by atoms with Gasteiger partial charge in [-0.15, -0.1) is 0 Å². The molecule has 31 heavy (non-hydrogen) atoms. The van der Waals surface area contributed by atoms with Crippen molar-refractivity contribution in [2.24, 2.45) is 0 Å². The number of para-hydroxylation sites is 1. The SMILES string of the molecule is COc1ccc(NC(=O)C=Cc2ccc(S(=O)(=O)Nc3ccccc3Cl)cc2)cc1F. The third-order valence-electron chi connectivity index (χ3n) is 4.16. The number of rotatable bonds is 7. The largest absolute Gasteiger partial charge is 0.494 e. The number of benzene rings is 3. The van der Waals surface area contributed by atoms with E-state index in [1.807, 2.05) is 0 Å². The van der Waals surface area contributed by atoms with Crippen molar-refractivity contribution < 1.29 is 22.3 Å².